The van der Waals surface area contributed by atoms with Gasteiger partial charge in [-0.2, -0.15) is 5.10 Å². The molecule has 1 aromatic rings. The van der Waals surface area contributed by atoms with Gasteiger partial charge in [0.15, 0.2) is 0 Å². The first-order chi connectivity index (χ1) is 8.41. The Hall–Kier alpha value is -1.37. The average molecular weight is 317 g/mol. The average Bonchev–Trinajstić information content (AvgIpc) is 2.32. The molecule has 0 aromatic carbocycles. The maximum atomic E-state index is 11.6. The lowest BCUT2D eigenvalue weighted by Gasteiger charge is -2.10. The van der Waals surface area contributed by atoms with Crippen LogP contribution in [0.3, 0.4) is 0 Å². The maximum Gasteiger partial charge on any atom is 0.282 e. The number of halogens is 1. The van der Waals surface area contributed by atoms with E-state index in [1.54, 1.807) is 7.05 Å². The molecular formula is C11H17BrN4O2. The minimum absolute atomic E-state index is 0.111. The molecule has 0 atom stereocenters. The predicted octanol–water partition coefficient (Wildman–Crippen LogP) is 0.727. The van der Waals surface area contributed by atoms with E-state index in [0.717, 1.165) is 0 Å². The fourth-order valence-electron chi connectivity index (χ4n) is 1.19. The molecule has 18 heavy (non-hydrogen) atoms. The summed E-state index contributed by atoms with van der Waals surface area (Å²) in [5, 5.41) is 9.52. The molecule has 100 valence electrons. The van der Waals surface area contributed by atoms with Crippen molar-refractivity contribution in [3.63, 3.8) is 0 Å². The summed E-state index contributed by atoms with van der Waals surface area (Å²) in [4.78, 5) is 23.1. The molecular weight excluding hydrogens is 300 g/mol. The van der Waals surface area contributed by atoms with E-state index in [2.05, 4.69) is 31.7 Å². The molecule has 6 nitrogen and oxygen atoms in total. The first kappa shape index (κ1) is 14.7. The Bertz CT molecular complexity index is 484. The summed E-state index contributed by atoms with van der Waals surface area (Å²) >= 11 is 3.18. The Morgan fingerprint density at radius 1 is 1.56 bits per heavy atom. The minimum atomic E-state index is -0.248. The fraction of sp³-hybridized carbons (Fsp3) is 0.545. The minimum Gasteiger partial charge on any atom is -0.374 e. The molecule has 0 unspecified atom stereocenters. The van der Waals surface area contributed by atoms with E-state index in [1.807, 2.05) is 13.8 Å². The number of hydrogen-bond donors (Lipinski definition) is 2. The summed E-state index contributed by atoms with van der Waals surface area (Å²) < 4.78 is 1.59. The smallest absolute Gasteiger partial charge is 0.282 e. The monoisotopic (exact) mass is 316 g/mol. The molecule has 0 aliphatic rings. The molecule has 0 saturated carbocycles. The number of anilines is 1. The number of nitrogens with one attached hydrogen (secondary N) is 2. The molecule has 2 N–H and O–H groups in total. The highest BCUT2D eigenvalue weighted by Crippen LogP contribution is 2.15. The lowest BCUT2D eigenvalue weighted by molar-refractivity contribution is -0.119. The van der Waals surface area contributed by atoms with Crippen LogP contribution < -0.4 is 16.2 Å². The van der Waals surface area contributed by atoms with Gasteiger partial charge in [0.05, 0.1) is 18.4 Å². The standard InChI is InChI=1S/C11H17BrN4O2/c1-7(2)4-14-9(17)6-13-8-5-15-16(3)11(18)10(8)12/h5,7,13H,4,6H2,1-3H3,(H,14,17). The van der Waals surface area contributed by atoms with Gasteiger partial charge in [0.25, 0.3) is 5.56 Å². The van der Waals surface area contributed by atoms with Crippen molar-refractivity contribution in [2.75, 3.05) is 18.4 Å². The zero-order chi connectivity index (χ0) is 13.7. The SMILES string of the molecule is CC(C)CNC(=O)CNc1cnn(C)c(=O)c1Br. The second kappa shape index (κ2) is 6.53. The largest absolute Gasteiger partial charge is 0.374 e. The Labute approximate surface area is 114 Å². The van der Waals surface area contributed by atoms with E-state index in [0.29, 0.717) is 22.6 Å². The van der Waals surface area contributed by atoms with Crippen LogP contribution in [-0.2, 0) is 11.8 Å². The van der Waals surface area contributed by atoms with Crippen LogP contribution in [0.1, 0.15) is 13.8 Å². The summed E-state index contributed by atoms with van der Waals surface area (Å²) in [6.07, 6.45) is 1.50. The quantitative estimate of drug-likeness (QED) is 0.839. The summed E-state index contributed by atoms with van der Waals surface area (Å²) in [5.41, 5.74) is 0.264. The van der Waals surface area contributed by atoms with Gasteiger partial charge in [-0.25, -0.2) is 4.68 Å². The Morgan fingerprint density at radius 2 is 2.22 bits per heavy atom. The van der Waals surface area contributed by atoms with E-state index in [-0.39, 0.29) is 18.0 Å². The lowest BCUT2D eigenvalue weighted by atomic mass is 10.2. The van der Waals surface area contributed by atoms with Crippen molar-refractivity contribution in [2.45, 2.75) is 13.8 Å². The number of hydrogen-bond acceptors (Lipinski definition) is 4. The van der Waals surface area contributed by atoms with Crippen LogP contribution in [0.5, 0.6) is 0 Å². The molecule has 1 aromatic heterocycles. The fourth-order valence-corrected chi connectivity index (χ4v) is 1.69. The van der Waals surface area contributed by atoms with Crippen LogP contribution in [0.25, 0.3) is 0 Å². The molecule has 0 aliphatic heterocycles. The Balaban J connectivity index is 2.57. The van der Waals surface area contributed by atoms with Gasteiger partial charge in [-0.05, 0) is 21.8 Å². The molecule has 0 bridgehead atoms. The van der Waals surface area contributed by atoms with Gasteiger partial charge in [0, 0.05) is 13.6 Å². The van der Waals surface area contributed by atoms with Crippen molar-refractivity contribution in [3.8, 4) is 0 Å². The highest BCUT2D eigenvalue weighted by atomic mass is 79.9. The number of aryl methyl sites for hydroxylation is 1. The highest BCUT2D eigenvalue weighted by molar-refractivity contribution is 9.10. The second-order valence-corrected chi connectivity index (χ2v) is 5.15. The van der Waals surface area contributed by atoms with E-state index in [4.69, 9.17) is 0 Å². The molecule has 0 radical (unpaired) electrons. The van der Waals surface area contributed by atoms with E-state index in [9.17, 15) is 9.59 Å². The van der Waals surface area contributed by atoms with Gasteiger partial charge in [-0.3, -0.25) is 9.59 Å². The van der Waals surface area contributed by atoms with E-state index >= 15 is 0 Å². The molecule has 1 amide bonds. The third kappa shape index (κ3) is 4.14. The second-order valence-electron chi connectivity index (χ2n) is 4.35. The van der Waals surface area contributed by atoms with E-state index in [1.165, 1.54) is 10.9 Å². The summed E-state index contributed by atoms with van der Waals surface area (Å²) in [6.45, 7) is 4.79. The zero-order valence-corrected chi connectivity index (χ0v) is 12.2. The van der Waals surface area contributed by atoms with Crippen LogP contribution in [0.4, 0.5) is 5.69 Å². The zero-order valence-electron chi connectivity index (χ0n) is 10.7. The van der Waals surface area contributed by atoms with Crippen LogP contribution >= 0.6 is 15.9 Å². The lowest BCUT2D eigenvalue weighted by Crippen LogP contribution is -2.33. The van der Waals surface area contributed by atoms with Crippen LogP contribution in [0.15, 0.2) is 15.5 Å². The molecule has 0 fully saturated rings. The summed E-state index contributed by atoms with van der Waals surface area (Å²) in [7, 11) is 1.56. The molecule has 0 saturated heterocycles. The van der Waals surface area contributed by atoms with Crippen LogP contribution in [-0.4, -0.2) is 28.8 Å². The highest BCUT2D eigenvalue weighted by Gasteiger charge is 2.08. The number of carbonyl (C=O) groups is 1. The van der Waals surface area contributed by atoms with Gasteiger partial charge < -0.3 is 10.6 Å². The van der Waals surface area contributed by atoms with Crippen LogP contribution in [0, 0.1) is 5.92 Å². The summed E-state index contributed by atoms with van der Waals surface area (Å²) in [6, 6.07) is 0. The van der Waals surface area contributed by atoms with Crippen molar-refractivity contribution in [2.24, 2.45) is 13.0 Å². The van der Waals surface area contributed by atoms with Crippen molar-refractivity contribution in [3.05, 3.63) is 21.0 Å². The van der Waals surface area contributed by atoms with Gasteiger partial charge in [0.2, 0.25) is 5.91 Å². The number of rotatable bonds is 5. The summed E-state index contributed by atoms with van der Waals surface area (Å²) in [5.74, 6) is 0.294. The van der Waals surface area contributed by atoms with Gasteiger partial charge >= 0.3 is 0 Å². The third-order valence-corrected chi connectivity index (χ3v) is 2.99. The van der Waals surface area contributed by atoms with Crippen molar-refractivity contribution in [1.82, 2.24) is 15.1 Å². The normalized spacial score (nSPS) is 10.5. The van der Waals surface area contributed by atoms with Crippen molar-refractivity contribution in [1.29, 1.82) is 0 Å². The molecule has 0 spiro atoms. The number of nitrogens with zero attached hydrogens (tertiary/aromatic N) is 2. The Kier molecular flexibility index (Phi) is 5.33. The first-order valence-electron chi connectivity index (χ1n) is 5.64. The van der Waals surface area contributed by atoms with Gasteiger partial charge in [0.1, 0.15) is 4.47 Å². The van der Waals surface area contributed by atoms with Gasteiger partial charge in [-0.15, -0.1) is 0 Å². The number of amides is 1. The Morgan fingerprint density at radius 3 is 2.83 bits per heavy atom. The third-order valence-electron chi connectivity index (χ3n) is 2.23. The first-order valence-corrected chi connectivity index (χ1v) is 6.43. The van der Waals surface area contributed by atoms with Crippen molar-refractivity contribution >= 4 is 27.5 Å². The number of carbonyl (C=O) groups excluding carboxylic acids is 1. The molecule has 7 heteroatoms. The van der Waals surface area contributed by atoms with E-state index < -0.39 is 0 Å². The van der Waals surface area contributed by atoms with Crippen LogP contribution in [0.2, 0.25) is 0 Å². The maximum absolute atomic E-state index is 11.6. The molecule has 0 aliphatic carbocycles. The predicted molar refractivity (Wildman–Crippen MR) is 73.5 cm³/mol. The molecule has 1 heterocycles. The number of aromatic nitrogens is 2. The molecule has 1 rings (SSSR count). The van der Waals surface area contributed by atoms with Crippen molar-refractivity contribution < 1.29 is 4.79 Å². The topological polar surface area (TPSA) is 76.0 Å². The van der Waals surface area contributed by atoms with Gasteiger partial charge in [-0.1, -0.05) is 13.8 Å².